The van der Waals surface area contributed by atoms with Crippen LogP contribution in [0.2, 0.25) is 0 Å². The number of rotatable bonds is 0. The van der Waals surface area contributed by atoms with Gasteiger partial charge in [-0.2, -0.15) is 0 Å². The van der Waals surface area contributed by atoms with Gasteiger partial charge in [0.05, 0.1) is 11.4 Å². The number of hydrogen-bond donors (Lipinski definition) is 2. The molecule has 0 saturated carbocycles. The third-order valence-electron chi connectivity index (χ3n) is 2.25. The first-order chi connectivity index (χ1) is 6.72. The Bertz CT molecular complexity index is 414. The maximum Gasteiger partial charge on any atom is 0.180 e. The SMILES string of the molecule is Nc1nc2c(s1)Cc1sc(N)nc1C2. The van der Waals surface area contributed by atoms with Crippen LogP contribution in [0.5, 0.6) is 0 Å². The van der Waals surface area contributed by atoms with Gasteiger partial charge in [0, 0.05) is 22.6 Å². The molecule has 2 aromatic heterocycles. The number of hydrogen-bond acceptors (Lipinski definition) is 6. The molecule has 72 valence electrons. The number of aromatic nitrogens is 2. The standard InChI is InChI=1S/C8H8N4S2/c9-7-11-3-1-4-6(2-5(3)13-7)14-8(10)12-4/h1-2H2,(H2,9,11)(H2,10,12). The molecule has 0 amide bonds. The van der Waals surface area contributed by atoms with Crippen molar-refractivity contribution in [2.75, 3.05) is 11.5 Å². The maximum absolute atomic E-state index is 5.66. The number of fused-ring (bicyclic) bond motifs is 2. The van der Waals surface area contributed by atoms with Gasteiger partial charge in [0.1, 0.15) is 0 Å². The normalized spacial score (nSPS) is 13.7. The van der Waals surface area contributed by atoms with Crippen LogP contribution in [0.1, 0.15) is 21.1 Å². The first kappa shape index (κ1) is 8.19. The largest absolute Gasteiger partial charge is 0.375 e. The van der Waals surface area contributed by atoms with Crippen LogP contribution in [-0.4, -0.2) is 9.97 Å². The molecule has 0 fully saturated rings. The molecule has 1 aliphatic carbocycles. The fourth-order valence-corrected chi connectivity index (χ4v) is 3.48. The Morgan fingerprint density at radius 1 is 0.857 bits per heavy atom. The second kappa shape index (κ2) is 2.68. The van der Waals surface area contributed by atoms with Gasteiger partial charge in [-0.25, -0.2) is 9.97 Å². The highest BCUT2D eigenvalue weighted by atomic mass is 32.1. The molecular formula is C8H8N4S2. The molecule has 0 spiro atoms. The lowest BCUT2D eigenvalue weighted by Gasteiger charge is -2.07. The van der Waals surface area contributed by atoms with E-state index in [1.54, 1.807) is 22.7 Å². The third kappa shape index (κ3) is 1.11. The Kier molecular flexibility index (Phi) is 1.57. The van der Waals surface area contributed by atoms with Crippen LogP contribution in [0.15, 0.2) is 0 Å². The average molecular weight is 224 g/mol. The number of nitrogen functional groups attached to an aromatic ring is 2. The van der Waals surface area contributed by atoms with Crippen molar-refractivity contribution in [2.24, 2.45) is 0 Å². The summed E-state index contributed by atoms with van der Waals surface area (Å²) >= 11 is 3.14. The van der Waals surface area contributed by atoms with E-state index in [0.717, 1.165) is 24.2 Å². The number of anilines is 2. The van der Waals surface area contributed by atoms with Crippen molar-refractivity contribution in [3.8, 4) is 0 Å². The minimum absolute atomic E-state index is 0.651. The van der Waals surface area contributed by atoms with E-state index in [4.69, 9.17) is 11.5 Å². The van der Waals surface area contributed by atoms with Gasteiger partial charge in [-0.05, 0) is 0 Å². The summed E-state index contributed by atoms with van der Waals surface area (Å²) in [5.41, 5.74) is 13.5. The van der Waals surface area contributed by atoms with E-state index in [9.17, 15) is 0 Å². The average Bonchev–Trinajstić information content (AvgIpc) is 2.59. The maximum atomic E-state index is 5.66. The Labute approximate surface area is 88.6 Å². The zero-order chi connectivity index (χ0) is 9.71. The van der Waals surface area contributed by atoms with Crippen LogP contribution in [-0.2, 0) is 12.8 Å². The highest BCUT2D eigenvalue weighted by molar-refractivity contribution is 7.17. The molecule has 4 nitrogen and oxygen atoms in total. The van der Waals surface area contributed by atoms with Crippen molar-refractivity contribution in [3.63, 3.8) is 0 Å². The molecule has 6 heteroatoms. The molecule has 3 rings (SSSR count). The lowest BCUT2D eigenvalue weighted by atomic mass is 10.1. The zero-order valence-corrected chi connectivity index (χ0v) is 8.91. The van der Waals surface area contributed by atoms with Crippen molar-refractivity contribution in [2.45, 2.75) is 12.8 Å². The summed E-state index contributed by atoms with van der Waals surface area (Å²) < 4.78 is 0. The van der Waals surface area contributed by atoms with Gasteiger partial charge in [-0.3, -0.25) is 0 Å². The van der Waals surface area contributed by atoms with Gasteiger partial charge in [0.2, 0.25) is 0 Å². The predicted molar refractivity (Wildman–Crippen MR) is 58.7 cm³/mol. The van der Waals surface area contributed by atoms with E-state index < -0.39 is 0 Å². The van der Waals surface area contributed by atoms with Crippen LogP contribution in [0.25, 0.3) is 0 Å². The minimum atomic E-state index is 0.651. The summed E-state index contributed by atoms with van der Waals surface area (Å²) in [7, 11) is 0. The molecule has 0 unspecified atom stereocenters. The van der Waals surface area contributed by atoms with Crippen LogP contribution < -0.4 is 11.5 Å². The van der Waals surface area contributed by atoms with Crippen molar-refractivity contribution in [1.29, 1.82) is 0 Å². The second-order valence-electron chi connectivity index (χ2n) is 3.20. The van der Waals surface area contributed by atoms with Gasteiger partial charge in [-0.1, -0.05) is 0 Å². The third-order valence-corrected chi connectivity index (χ3v) is 4.10. The summed E-state index contributed by atoms with van der Waals surface area (Å²) in [5, 5.41) is 1.30. The molecule has 0 bridgehead atoms. The molecule has 0 saturated heterocycles. The van der Waals surface area contributed by atoms with Crippen LogP contribution >= 0.6 is 22.7 Å². The Balaban J connectivity index is 2.10. The number of nitrogens with zero attached hydrogens (tertiary/aromatic N) is 2. The fraction of sp³-hybridized carbons (Fsp3) is 0.250. The first-order valence-electron chi connectivity index (χ1n) is 4.20. The Morgan fingerprint density at radius 2 is 1.36 bits per heavy atom. The van der Waals surface area contributed by atoms with Crippen molar-refractivity contribution in [3.05, 3.63) is 21.1 Å². The molecule has 4 N–H and O–H groups in total. The van der Waals surface area contributed by atoms with Crippen LogP contribution in [0, 0.1) is 0 Å². The summed E-state index contributed by atoms with van der Waals surface area (Å²) in [6, 6.07) is 0. The quantitative estimate of drug-likeness (QED) is 0.602. The molecule has 0 atom stereocenters. The van der Waals surface area contributed by atoms with E-state index in [0.29, 0.717) is 10.3 Å². The molecule has 0 radical (unpaired) electrons. The van der Waals surface area contributed by atoms with Gasteiger partial charge in [-0.15, -0.1) is 22.7 Å². The van der Waals surface area contributed by atoms with Crippen molar-refractivity contribution < 1.29 is 0 Å². The predicted octanol–water partition coefficient (Wildman–Crippen LogP) is 1.26. The van der Waals surface area contributed by atoms with Gasteiger partial charge >= 0.3 is 0 Å². The van der Waals surface area contributed by atoms with E-state index in [1.807, 2.05) is 0 Å². The summed E-state index contributed by atoms with van der Waals surface area (Å²) in [6.07, 6.45) is 1.68. The number of nitrogens with two attached hydrogens (primary N) is 2. The van der Waals surface area contributed by atoms with E-state index in [1.165, 1.54) is 9.75 Å². The molecule has 2 heterocycles. The van der Waals surface area contributed by atoms with Crippen molar-refractivity contribution in [1.82, 2.24) is 9.97 Å². The highest BCUT2D eigenvalue weighted by Crippen LogP contribution is 2.34. The molecule has 0 aromatic carbocycles. The van der Waals surface area contributed by atoms with Gasteiger partial charge in [0.25, 0.3) is 0 Å². The Hall–Kier alpha value is -1.14. The monoisotopic (exact) mass is 224 g/mol. The van der Waals surface area contributed by atoms with Crippen LogP contribution in [0.4, 0.5) is 10.3 Å². The minimum Gasteiger partial charge on any atom is -0.375 e. The highest BCUT2D eigenvalue weighted by Gasteiger charge is 2.22. The zero-order valence-electron chi connectivity index (χ0n) is 7.28. The van der Waals surface area contributed by atoms with E-state index in [2.05, 4.69) is 9.97 Å². The van der Waals surface area contributed by atoms with Crippen molar-refractivity contribution >= 4 is 32.9 Å². The second-order valence-corrected chi connectivity index (χ2v) is 5.43. The molecule has 14 heavy (non-hydrogen) atoms. The smallest absolute Gasteiger partial charge is 0.180 e. The van der Waals surface area contributed by atoms with E-state index in [-0.39, 0.29) is 0 Å². The van der Waals surface area contributed by atoms with E-state index >= 15 is 0 Å². The molecule has 0 aliphatic heterocycles. The summed E-state index contributed by atoms with van der Waals surface area (Å²) in [6.45, 7) is 0. The summed E-state index contributed by atoms with van der Waals surface area (Å²) in [5.74, 6) is 0. The Morgan fingerprint density at radius 3 is 1.86 bits per heavy atom. The lowest BCUT2D eigenvalue weighted by Crippen LogP contribution is -2.03. The van der Waals surface area contributed by atoms with Gasteiger partial charge < -0.3 is 11.5 Å². The first-order valence-corrected chi connectivity index (χ1v) is 5.84. The molecular weight excluding hydrogens is 216 g/mol. The molecule has 1 aliphatic rings. The van der Waals surface area contributed by atoms with Gasteiger partial charge in [0.15, 0.2) is 10.3 Å². The lowest BCUT2D eigenvalue weighted by molar-refractivity contribution is 0.962. The topological polar surface area (TPSA) is 77.8 Å². The fourth-order valence-electron chi connectivity index (χ4n) is 1.66. The summed E-state index contributed by atoms with van der Waals surface area (Å²) in [4.78, 5) is 11.1. The van der Waals surface area contributed by atoms with Crippen LogP contribution in [0.3, 0.4) is 0 Å². The number of thiazole rings is 2. The molecule has 2 aromatic rings.